The van der Waals surface area contributed by atoms with Gasteiger partial charge in [-0.3, -0.25) is 0 Å². The predicted molar refractivity (Wildman–Crippen MR) is 74.8 cm³/mol. The molecular weight excluding hydrogens is 259 g/mol. The first kappa shape index (κ1) is 14.1. The molecule has 20 heavy (non-hydrogen) atoms. The van der Waals surface area contributed by atoms with Crippen molar-refractivity contribution >= 4 is 5.97 Å². The molecule has 3 nitrogen and oxygen atoms in total. The average Bonchev–Trinajstić information content (AvgIpc) is 2.37. The standard InChI is InChI=1S/C16H15FO3/c1-9-6-10(2)15(14(17)7-9)12-5-4-11(20-3)8-13(12)16(18)19/h4-8H,1-3H3,(H,18,19). The number of aryl methyl sites for hydroxylation is 2. The number of hydrogen-bond donors (Lipinski definition) is 1. The summed E-state index contributed by atoms with van der Waals surface area (Å²) in [6.45, 7) is 3.56. The van der Waals surface area contributed by atoms with Gasteiger partial charge in [-0.2, -0.15) is 0 Å². The molecule has 0 aliphatic carbocycles. The van der Waals surface area contributed by atoms with Crippen LogP contribution in [0.4, 0.5) is 4.39 Å². The summed E-state index contributed by atoms with van der Waals surface area (Å²) in [5.41, 5.74) is 2.20. The molecule has 1 N–H and O–H groups in total. The second-order valence-electron chi connectivity index (χ2n) is 4.66. The van der Waals surface area contributed by atoms with Crippen molar-refractivity contribution in [3.05, 3.63) is 52.8 Å². The van der Waals surface area contributed by atoms with Gasteiger partial charge >= 0.3 is 5.97 Å². The van der Waals surface area contributed by atoms with E-state index in [4.69, 9.17) is 4.74 Å². The predicted octanol–water partition coefficient (Wildman–Crippen LogP) is 3.82. The molecule has 0 spiro atoms. The van der Waals surface area contributed by atoms with E-state index < -0.39 is 11.8 Å². The fourth-order valence-electron chi connectivity index (χ4n) is 2.30. The number of ether oxygens (including phenoxy) is 1. The zero-order valence-corrected chi connectivity index (χ0v) is 11.5. The second kappa shape index (κ2) is 5.33. The largest absolute Gasteiger partial charge is 0.497 e. The summed E-state index contributed by atoms with van der Waals surface area (Å²) in [6.07, 6.45) is 0. The molecule has 2 rings (SSSR count). The van der Waals surface area contributed by atoms with Crippen LogP contribution < -0.4 is 4.74 Å². The molecule has 0 saturated carbocycles. The number of carboxylic acid groups (broad SMARTS) is 1. The highest BCUT2D eigenvalue weighted by atomic mass is 19.1. The minimum atomic E-state index is -1.11. The van der Waals surface area contributed by atoms with E-state index in [-0.39, 0.29) is 5.56 Å². The quantitative estimate of drug-likeness (QED) is 0.925. The van der Waals surface area contributed by atoms with E-state index in [1.54, 1.807) is 26.0 Å². The van der Waals surface area contributed by atoms with Crippen molar-refractivity contribution in [2.75, 3.05) is 7.11 Å². The van der Waals surface area contributed by atoms with Gasteiger partial charge in [0.2, 0.25) is 0 Å². The van der Waals surface area contributed by atoms with Gasteiger partial charge in [0.05, 0.1) is 12.7 Å². The van der Waals surface area contributed by atoms with E-state index in [0.29, 0.717) is 22.4 Å². The maximum atomic E-state index is 14.2. The summed E-state index contributed by atoms with van der Waals surface area (Å²) >= 11 is 0. The molecule has 0 aromatic heterocycles. The zero-order chi connectivity index (χ0) is 14.9. The Balaban J connectivity index is 2.73. The lowest BCUT2D eigenvalue weighted by Gasteiger charge is -2.13. The highest BCUT2D eigenvalue weighted by Crippen LogP contribution is 2.32. The molecule has 0 heterocycles. The van der Waals surface area contributed by atoms with Gasteiger partial charge in [-0.25, -0.2) is 9.18 Å². The molecule has 0 unspecified atom stereocenters. The van der Waals surface area contributed by atoms with Crippen LogP contribution in [-0.2, 0) is 0 Å². The third kappa shape index (κ3) is 2.50. The molecule has 0 aliphatic heterocycles. The van der Waals surface area contributed by atoms with Gasteiger partial charge < -0.3 is 9.84 Å². The summed E-state index contributed by atoms with van der Waals surface area (Å²) in [4.78, 5) is 11.4. The van der Waals surface area contributed by atoms with Crippen molar-refractivity contribution in [1.82, 2.24) is 0 Å². The zero-order valence-electron chi connectivity index (χ0n) is 11.5. The fraction of sp³-hybridized carbons (Fsp3) is 0.188. The first-order valence-corrected chi connectivity index (χ1v) is 6.12. The van der Waals surface area contributed by atoms with E-state index in [9.17, 15) is 14.3 Å². The van der Waals surface area contributed by atoms with Gasteiger partial charge in [-0.05, 0) is 54.8 Å². The van der Waals surface area contributed by atoms with Crippen LogP contribution in [0.2, 0.25) is 0 Å². The summed E-state index contributed by atoms with van der Waals surface area (Å²) in [5.74, 6) is -1.11. The van der Waals surface area contributed by atoms with Gasteiger partial charge in [0.25, 0.3) is 0 Å². The minimum Gasteiger partial charge on any atom is -0.497 e. The van der Waals surface area contributed by atoms with Crippen molar-refractivity contribution in [3.63, 3.8) is 0 Å². The van der Waals surface area contributed by atoms with Crippen LogP contribution in [0.15, 0.2) is 30.3 Å². The first-order chi connectivity index (χ1) is 9.43. The van der Waals surface area contributed by atoms with Crippen molar-refractivity contribution < 1.29 is 19.0 Å². The van der Waals surface area contributed by atoms with Gasteiger partial charge in [0.15, 0.2) is 0 Å². The maximum Gasteiger partial charge on any atom is 0.336 e. The number of carboxylic acids is 1. The summed E-state index contributed by atoms with van der Waals surface area (Å²) < 4.78 is 19.2. The van der Waals surface area contributed by atoms with E-state index >= 15 is 0 Å². The Labute approximate surface area is 116 Å². The molecule has 2 aromatic rings. The van der Waals surface area contributed by atoms with Crippen LogP contribution in [0.3, 0.4) is 0 Å². The Hall–Kier alpha value is -2.36. The van der Waals surface area contributed by atoms with Gasteiger partial charge in [-0.15, -0.1) is 0 Å². The minimum absolute atomic E-state index is 0.0233. The topological polar surface area (TPSA) is 46.5 Å². The van der Waals surface area contributed by atoms with Crippen LogP contribution in [0.1, 0.15) is 21.5 Å². The molecule has 0 radical (unpaired) electrons. The van der Waals surface area contributed by atoms with Crippen LogP contribution in [0.25, 0.3) is 11.1 Å². The molecular formula is C16H15FO3. The van der Waals surface area contributed by atoms with Crippen LogP contribution >= 0.6 is 0 Å². The number of halogens is 1. The fourth-order valence-corrected chi connectivity index (χ4v) is 2.30. The average molecular weight is 274 g/mol. The number of aromatic carboxylic acids is 1. The molecule has 2 aromatic carbocycles. The van der Waals surface area contributed by atoms with Crippen molar-refractivity contribution in [1.29, 1.82) is 0 Å². The molecule has 104 valence electrons. The van der Waals surface area contributed by atoms with E-state index in [2.05, 4.69) is 0 Å². The number of methoxy groups -OCH3 is 1. The Morgan fingerprint density at radius 1 is 1.20 bits per heavy atom. The number of benzene rings is 2. The molecule has 4 heteroatoms. The third-order valence-corrected chi connectivity index (χ3v) is 3.16. The lowest BCUT2D eigenvalue weighted by Crippen LogP contribution is -2.02. The lowest BCUT2D eigenvalue weighted by molar-refractivity contribution is 0.0697. The van der Waals surface area contributed by atoms with Gasteiger partial charge in [0, 0.05) is 5.56 Å². The summed E-state index contributed by atoms with van der Waals surface area (Å²) in [7, 11) is 1.46. The van der Waals surface area contributed by atoms with Gasteiger partial charge in [-0.1, -0.05) is 6.07 Å². The molecule has 0 atom stereocenters. The van der Waals surface area contributed by atoms with Crippen LogP contribution in [-0.4, -0.2) is 18.2 Å². The van der Waals surface area contributed by atoms with Crippen LogP contribution in [0.5, 0.6) is 5.75 Å². The molecule has 0 amide bonds. The smallest absolute Gasteiger partial charge is 0.336 e. The van der Waals surface area contributed by atoms with E-state index in [1.165, 1.54) is 19.2 Å². The third-order valence-electron chi connectivity index (χ3n) is 3.16. The first-order valence-electron chi connectivity index (χ1n) is 6.12. The van der Waals surface area contributed by atoms with Crippen molar-refractivity contribution in [2.24, 2.45) is 0 Å². The second-order valence-corrected chi connectivity index (χ2v) is 4.66. The Kier molecular flexibility index (Phi) is 3.74. The lowest BCUT2D eigenvalue weighted by atomic mass is 9.94. The highest BCUT2D eigenvalue weighted by Gasteiger charge is 2.18. The van der Waals surface area contributed by atoms with Crippen molar-refractivity contribution in [2.45, 2.75) is 13.8 Å². The van der Waals surface area contributed by atoms with Crippen LogP contribution in [0, 0.1) is 19.7 Å². The Morgan fingerprint density at radius 3 is 2.45 bits per heavy atom. The Morgan fingerprint density at radius 2 is 1.90 bits per heavy atom. The Bertz CT molecular complexity index is 654. The monoisotopic (exact) mass is 274 g/mol. The molecule has 0 bridgehead atoms. The highest BCUT2D eigenvalue weighted by molar-refractivity contribution is 5.97. The summed E-state index contributed by atoms with van der Waals surface area (Å²) in [5, 5.41) is 9.31. The molecule has 0 saturated heterocycles. The number of rotatable bonds is 3. The summed E-state index contributed by atoms with van der Waals surface area (Å²) in [6, 6.07) is 7.83. The van der Waals surface area contributed by atoms with Gasteiger partial charge in [0.1, 0.15) is 11.6 Å². The van der Waals surface area contributed by atoms with Crippen molar-refractivity contribution in [3.8, 4) is 16.9 Å². The maximum absolute atomic E-state index is 14.2. The van der Waals surface area contributed by atoms with E-state index in [0.717, 1.165) is 5.56 Å². The number of carbonyl (C=O) groups is 1. The van der Waals surface area contributed by atoms with E-state index in [1.807, 2.05) is 6.07 Å². The normalized spacial score (nSPS) is 10.4. The molecule has 0 aliphatic rings. The SMILES string of the molecule is COc1ccc(-c2c(C)cc(C)cc2F)c(C(=O)O)c1. The number of hydrogen-bond acceptors (Lipinski definition) is 2. The molecule has 0 fully saturated rings.